The fourth-order valence-electron chi connectivity index (χ4n) is 2.47. The van der Waals surface area contributed by atoms with Crippen LogP contribution < -0.4 is 0 Å². The third-order valence-corrected chi connectivity index (χ3v) is 3.34. The topological polar surface area (TPSA) is 20.2 Å². The third kappa shape index (κ3) is 2.67. The zero-order valence-electron chi connectivity index (χ0n) is 10.8. The molecule has 0 saturated heterocycles. The largest absolute Gasteiger partial charge is 0.393 e. The van der Waals surface area contributed by atoms with Gasteiger partial charge in [-0.05, 0) is 35.1 Å². The normalized spacial score (nSPS) is 13.9. The van der Waals surface area contributed by atoms with E-state index in [0.29, 0.717) is 0 Å². The molecule has 2 aromatic rings. The molecule has 0 saturated carbocycles. The Bertz CT molecular complexity index is 512. The summed E-state index contributed by atoms with van der Waals surface area (Å²) in [7, 11) is 0. The summed E-state index contributed by atoms with van der Waals surface area (Å²) in [5, 5.41) is 12.1. The highest BCUT2D eigenvalue weighted by Gasteiger charge is 2.22. The molecule has 0 aliphatic heterocycles. The number of hydrogen-bond acceptors (Lipinski definition) is 1. The van der Waals surface area contributed by atoms with Gasteiger partial charge in [0.25, 0.3) is 0 Å². The standard InChI is InChI=1S/C16H20O/c1-12(17)11-16(2,3)15-9-8-13-6-4-5-7-14(13)10-15/h4-10,12,17H,11H2,1-3H3. The van der Waals surface area contributed by atoms with Gasteiger partial charge in [-0.3, -0.25) is 0 Å². The van der Waals surface area contributed by atoms with Crippen molar-refractivity contribution < 1.29 is 5.11 Å². The van der Waals surface area contributed by atoms with Crippen molar-refractivity contribution in [3.63, 3.8) is 0 Å². The molecule has 1 nitrogen and oxygen atoms in total. The van der Waals surface area contributed by atoms with E-state index >= 15 is 0 Å². The lowest BCUT2D eigenvalue weighted by atomic mass is 9.79. The molecule has 2 rings (SSSR count). The Hall–Kier alpha value is -1.34. The molecule has 1 heteroatoms. The summed E-state index contributed by atoms with van der Waals surface area (Å²) in [5.41, 5.74) is 1.30. The van der Waals surface area contributed by atoms with Crippen LogP contribution >= 0.6 is 0 Å². The van der Waals surface area contributed by atoms with Crippen molar-refractivity contribution in [3.8, 4) is 0 Å². The van der Waals surface area contributed by atoms with Gasteiger partial charge in [0.05, 0.1) is 6.10 Å². The first-order chi connectivity index (χ1) is 7.99. The summed E-state index contributed by atoms with van der Waals surface area (Å²) in [4.78, 5) is 0. The van der Waals surface area contributed by atoms with Crippen molar-refractivity contribution in [1.82, 2.24) is 0 Å². The molecule has 90 valence electrons. The minimum absolute atomic E-state index is 0.0121. The Morgan fingerprint density at radius 1 is 1.06 bits per heavy atom. The molecular formula is C16H20O. The van der Waals surface area contributed by atoms with Crippen LogP contribution in [0.15, 0.2) is 42.5 Å². The van der Waals surface area contributed by atoms with Gasteiger partial charge in [0.15, 0.2) is 0 Å². The minimum Gasteiger partial charge on any atom is -0.393 e. The SMILES string of the molecule is CC(O)CC(C)(C)c1ccc2ccccc2c1. The Kier molecular flexibility index (Phi) is 3.21. The van der Waals surface area contributed by atoms with E-state index < -0.39 is 0 Å². The second-order valence-electron chi connectivity index (χ2n) is 5.50. The maximum atomic E-state index is 9.56. The van der Waals surface area contributed by atoms with Crippen LogP contribution in [-0.4, -0.2) is 11.2 Å². The summed E-state index contributed by atoms with van der Waals surface area (Å²) in [6.45, 7) is 6.22. The van der Waals surface area contributed by atoms with Gasteiger partial charge in [-0.15, -0.1) is 0 Å². The van der Waals surface area contributed by atoms with Crippen LogP contribution in [0.5, 0.6) is 0 Å². The number of benzene rings is 2. The summed E-state index contributed by atoms with van der Waals surface area (Å²) in [5.74, 6) is 0. The lowest BCUT2D eigenvalue weighted by Gasteiger charge is -2.27. The number of fused-ring (bicyclic) bond motifs is 1. The van der Waals surface area contributed by atoms with E-state index in [4.69, 9.17) is 0 Å². The van der Waals surface area contributed by atoms with Crippen LogP contribution in [-0.2, 0) is 5.41 Å². The average Bonchev–Trinajstić information content (AvgIpc) is 2.26. The smallest absolute Gasteiger partial charge is 0.0520 e. The molecule has 1 atom stereocenters. The summed E-state index contributed by atoms with van der Waals surface area (Å²) in [6, 6.07) is 15.0. The van der Waals surface area contributed by atoms with Crippen molar-refractivity contribution in [2.45, 2.75) is 38.7 Å². The maximum Gasteiger partial charge on any atom is 0.0520 e. The summed E-state index contributed by atoms with van der Waals surface area (Å²) >= 11 is 0. The fourth-order valence-corrected chi connectivity index (χ4v) is 2.47. The molecule has 1 unspecified atom stereocenters. The van der Waals surface area contributed by atoms with Crippen LogP contribution in [0.1, 0.15) is 32.8 Å². The molecule has 2 aromatic carbocycles. The lowest BCUT2D eigenvalue weighted by Crippen LogP contribution is -2.22. The van der Waals surface area contributed by atoms with Crippen LogP contribution in [0, 0.1) is 0 Å². The molecule has 0 aromatic heterocycles. The Labute approximate surface area is 103 Å². The Balaban J connectivity index is 2.42. The van der Waals surface area contributed by atoms with Crippen LogP contribution in [0.4, 0.5) is 0 Å². The van der Waals surface area contributed by atoms with Gasteiger partial charge in [0, 0.05) is 0 Å². The molecule has 0 radical (unpaired) electrons. The van der Waals surface area contributed by atoms with E-state index in [-0.39, 0.29) is 11.5 Å². The van der Waals surface area contributed by atoms with Gasteiger partial charge in [-0.1, -0.05) is 56.3 Å². The highest BCUT2D eigenvalue weighted by atomic mass is 16.3. The van der Waals surface area contributed by atoms with E-state index in [2.05, 4.69) is 56.3 Å². The maximum absolute atomic E-state index is 9.56. The monoisotopic (exact) mass is 228 g/mol. The van der Waals surface area contributed by atoms with Gasteiger partial charge in [0.1, 0.15) is 0 Å². The zero-order chi connectivity index (χ0) is 12.5. The van der Waals surface area contributed by atoms with Crippen molar-refractivity contribution in [3.05, 3.63) is 48.0 Å². The molecular weight excluding hydrogens is 208 g/mol. The van der Waals surface area contributed by atoms with Crippen LogP contribution in [0.2, 0.25) is 0 Å². The van der Waals surface area contributed by atoms with Gasteiger partial charge in [0.2, 0.25) is 0 Å². The predicted octanol–water partition coefficient (Wildman–Crippen LogP) is 3.89. The van der Waals surface area contributed by atoms with Crippen molar-refractivity contribution >= 4 is 10.8 Å². The molecule has 0 bridgehead atoms. The second kappa shape index (κ2) is 4.50. The molecule has 0 aliphatic carbocycles. The lowest BCUT2D eigenvalue weighted by molar-refractivity contribution is 0.157. The Morgan fingerprint density at radius 2 is 1.71 bits per heavy atom. The quantitative estimate of drug-likeness (QED) is 0.845. The van der Waals surface area contributed by atoms with Gasteiger partial charge in [-0.2, -0.15) is 0 Å². The number of rotatable bonds is 3. The van der Waals surface area contributed by atoms with Gasteiger partial charge >= 0.3 is 0 Å². The van der Waals surface area contributed by atoms with E-state index in [1.807, 2.05) is 6.92 Å². The van der Waals surface area contributed by atoms with Crippen LogP contribution in [0.25, 0.3) is 10.8 Å². The second-order valence-corrected chi connectivity index (χ2v) is 5.50. The number of hydrogen-bond donors (Lipinski definition) is 1. The summed E-state index contributed by atoms with van der Waals surface area (Å²) in [6.07, 6.45) is 0.516. The molecule has 0 amide bonds. The van der Waals surface area contributed by atoms with Crippen molar-refractivity contribution in [1.29, 1.82) is 0 Å². The van der Waals surface area contributed by atoms with Crippen LogP contribution in [0.3, 0.4) is 0 Å². The first kappa shape index (κ1) is 12.1. The van der Waals surface area contributed by atoms with Gasteiger partial charge < -0.3 is 5.11 Å². The number of aliphatic hydroxyl groups is 1. The van der Waals surface area contributed by atoms with Gasteiger partial charge in [-0.25, -0.2) is 0 Å². The summed E-state index contributed by atoms with van der Waals surface area (Å²) < 4.78 is 0. The highest BCUT2D eigenvalue weighted by Crippen LogP contribution is 2.30. The molecule has 0 heterocycles. The van der Waals surface area contributed by atoms with E-state index in [1.165, 1.54) is 16.3 Å². The Morgan fingerprint density at radius 3 is 2.35 bits per heavy atom. The predicted molar refractivity (Wildman–Crippen MR) is 73.3 cm³/mol. The number of aliphatic hydroxyl groups excluding tert-OH is 1. The first-order valence-electron chi connectivity index (χ1n) is 6.16. The first-order valence-corrected chi connectivity index (χ1v) is 6.16. The molecule has 17 heavy (non-hydrogen) atoms. The van der Waals surface area contributed by atoms with E-state index in [9.17, 15) is 5.11 Å². The fraction of sp³-hybridized carbons (Fsp3) is 0.375. The van der Waals surface area contributed by atoms with Crippen molar-refractivity contribution in [2.75, 3.05) is 0 Å². The molecule has 1 N–H and O–H groups in total. The average molecular weight is 228 g/mol. The molecule has 0 aliphatic rings. The van der Waals surface area contributed by atoms with E-state index in [0.717, 1.165) is 6.42 Å². The third-order valence-electron chi connectivity index (χ3n) is 3.34. The molecule has 0 fully saturated rings. The zero-order valence-corrected chi connectivity index (χ0v) is 10.8. The molecule has 0 spiro atoms. The minimum atomic E-state index is -0.267. The van der Waals surface area contributed by atoms with E-state index in [1.54, 1.807) is 0 Å². The van der Waals surface area contributed by atoms with Crippen molar-refractivity contribution in [2.24, 2.45) is 0 Å². The highest BCUT2D eigenvalue weighted by molar-refractivity contribution is 5.83.